The van der Waals surface area contributed by atoms with E-state index < -0.39 is 0 Å². The molecule has 4 heteroatoms. The average molecular weight is 251 g/mol. The summed E-state index contributed by atoms with van der Waals surface area (Å²) in [6.45, 7) is 0.681. The van der Waals surface area contributed by atoms with Crippen molar-refractivity contribution in [3.8, 4) is 5.75 Å². The molecule has 1 aliphatic heterocycles. The van der Waals surface area contributed by atoms with E-state index in [-0.39, 0.29) is 11.9 Å². The third kappa shape index (κ3) is 2.48. The maximum Gasteiger partial charge on any atom is 0.132 e. The van der Waals surface area contributed by atoms with Crippen molar-refractivity contribution in [2.24, 2.45) is 0 Å². The number of benzene rings is 1. The maximum absolute atomic E-state index is 14.0. The third-order valence-electron chi connectivity index (χ3n) is 3.06. The van der Waals surface area contributed by atoms with Crippen molar-refractivity contribution in [3.05, 3.63) is 41.4 Å². The standard InChI is InChI=1S/C14H18FNO2/c1-16-14(12-7-3-4-9-18-12)13-10(15)6-5-8-11(13)17-2/h5-8,14,16H,3-4,9H2,1-2H3. The second kappa shape index (κ2) is 5.87. The molecule has 1 unspecified atom stereocenters. The van der Waals surface area contributed by atoms with Crippen LogP contribution >= 0.6 is 0 Å². The Balaban J connectivity index is 2.40. The molecule has 0 spiro atoms. The second-order valence-electron chi connectivity index (χ2n) is 4.17. The molecule has 98 valence electrons. The molecule has 1 aromatic carbocycles. The zero-order valence-electron chi connectivity index (χ0n) is 10.7. The third-order valence-corrected chi connectivity index (χ3v) is 3.06. The van der Waals surface area contributed by atoms with Crippen molar-refractivity contribution in [2.45, 2.75) is 18.9 Å². The van der Waals surface area contributed by atoms with E-state index >= 15 is 0 Å². The Morgan fingerprint density at radius 3 is 2.89 bits per heavy atom. The quantitative estimate of drug-likeness (QED) is 0.892. The van der Waals surface area contributed by atoms with Gasteiger partial charge < -0.3 is 14.8 Å². The zero-order chi connectivity index (χ0) is 13.0. The highest BCUT2D eigenvalue weighted by atomic mass is 19.1. The summed E-state index contributed by atoms with van der Waals surface area (Å²) in [5.41, 5.74) is 0.496. The van der Waals surface area contributed by atoms with Gasteiger partial charge in [0.25, 0.3) is 0 Å². The summed E-state index contributed by atoms with van der Waals surface area (Å²) in [6.07, 6.45) is 3.98. The summed E-state index contributed by atoms with van der Waals surface area (Å²) >= 11 is 0. The molecular weight excluding hydrogens is 233 g/mol. The molecule has 2 rings (SSSR count). The topological polar surface area (TPSA) is 30.5 Å². The molecular formula is C14H18FNO2. The molecule has 3 nitrogen and oxygen atoms in total. The largest absolute Gasteiger partial charge is 0.496 e. The second-order valence-corrected chi connectivity index (χ2v) is 4.17. The molecule has 0 saturated carbocycles. The molecule has 0 saturated heterocycles. The summed E-state index contributed by atoms with van der Waals surface area (Å²) in [7, 11) is 3.33. The van der Waals surface area contributed by atoms with Crippen molar-refractivity contribution < 1.29 is 13.9 Å². The van der Waals surface area contributed by atoms with Crippen LogP contribution in [0.2, 0.25) is 0 Å². The van der Waals surface area contributed by atoms with Gasteiger partial charge in [0.05, 0.1) is 25.3 Å². The van der Waals surface area contributed by atoms with Gasteiger partial charge in [-0.3, -0.25) is 0 Å². The number of rotatable bonds is 4. The first-order valence-electron chi connectivity index (χ1n) is 6.10. The first-order chi connectivity index (χ1) is 8.77. The normalized spacial score (nSPS) is 16.7. The van der Waals surface area contributed by atoms with Gasteiger partial charge in [-0.25, -0.2) is 4.39 Å². The lowest BCUT2D eigenvalue weighted by Gasteiger charge is -2.25. The molecule has 18 heavy (non-hydrogen) atoms. The van der Waals surface area contributed by atoms with E-state index in [1.165, 1.54) is 6.07 Å². The molecule has 1 N–H and O–H groups in total. The Morgan fingerprint density at radius 1 is 1.44 bits per heavy atom. The molecule has 0 aliphatic carbocycles. The Labute approximate surface area is 107 Å². The first-order valence-corrected chi connectivity index (χ1v) is 6.10. The van der Waals surface area contributed by atoms with E-state index in [1.54, 1.807) is 26.3 Å². The Kier molecular flexibility index (Phi) is 4.20. The van der Waals surface area contributed by atoms with Crippen LogP contribution in [-0.2, 0) is 4.74 Å². The predicted octanol–water partition coefficient (Wildman–Crippen LogP) is 2.79. The highest BCUT2D eigenvalue weighted by molar-refractivity contribution is 5.40. The lowest BCUT2D eigenvalue weighted by atomic mass is 10.0. The number of hydrogen-bond acceptors (Lipinski definition) is 3. The van der Waals surface area contributed by atoms with E-state index in [2.05, 4.69) is 5.32 Å². The van der Waals surface area contributed by atoms with E-state index in [0.717, 1.165) is 18.6 Å². The maximum atomic E-state index is 14.0. The molecule has 1 atom stereocenters. The number of nitrogens with one attached hydrogen (secondary N) is 1. The van der Waals surface area contributed by atoms with Crippen molar-refractivity contribution in [3.63, 3.8) is 0 Å². The van der Waals surface area contributed by atoms with Crippen molar-refractivity contribution in [1.29, 1.82) is 0 Å². The van der Waals surface area contributed by atoms with Crippen molar-refractivity contribution >= 4 is 0 Å². The smallest absolute Gasteiger partial charge is 0.132 e. The fourth-order valence-electron chi connectivity index (χ4n) is 2.18. The molecule has 1 aromatic rings. The van der Waals surface area contributed by atoms with Crippen LogP contribution in [0, 0.1) is 5.82 Å². The SMILES string of the molecule is CNC(C1=CCCCO1)c1c(F)cccc1OC. The van der Waals surface area contributed by atoms with Crippen LogP contribution in [-0.4, -0.2) is 20.8 Å². The van der Waals surface area contributed by atoms with Gasteiger partial charge in [0, 0.05) is 0 Å². The Morgan fingerprint density at radius 2 is 2.28 bits per heavy atom. The van der Waals surface area contributed by atoms with Crippen LogP contribution < -0.4 is 10.1 Å². The van der Waals surface area contributed by atoms with Crippen LogP contribution in [0.25, 0.3) is 0 Å². The monoisotopic (exact) mass is 251 g/mol. The minimum Gasteiger partial charge on any atom is -0.496 e. The van der Waals surface area contributed by atoms with Gasteiger partial charge in [-0.05, 0) is 38.1 Å². The van der Waals surface area contributed by atoms with Gasteiger partial charge in [-0.1, -0.05) is 6.07 Å². The lowest BCUT2D eigenvalue weighted by molar-refractivity contribution is 0.168. The Bertz CT molecular complexity index is 445. The summed E-state index contributed by atoms with van der Waals surface area (Å²) in [5.74, 6) is 1.01. The fraction of sp³-hybridized carbons (Fsp3) is 0.429. The molecule has 0 bridgehead atoms. The van der Waals surface area contributed by atoms with Gasteiger partial charge in [0.1, 0.15) is 17.3 Å². The molecule has 0 fully saturated rings. The zero-order valence-corrected chi connectivity index (χ0v) is 10.7. The van der Waals surface area contributed by atoms with E-state index in [1.807, 2.05) is 6.08 Å². The summed E-state index contributed by atoms with van der Waals surface area (Å²) in [6, 6.07) is 4.53. The fourth-order valence-corrected chi connectivity index (χ4v) is 2.18. The number of likely N-dealkylation sites (N-methyl/N-ethyl adjacent to an activating group) is 1. The van der Waals surface area contributed by atoms with Gasteiger partial charge in [0.15, 0.2) is 0 Å². The number of halogens is 1. The Hall–Kier alpha value is -1.55. The summed E-state index contributed by atoms with van der Waals surface area (Å²) in [4.78, 5) is 0. The molecule has 1 heterocycles. The molecule has 0 radical (unpaired) electrons. The average Bonchev–Trinajstić information content (AvgIpc) is 2.42. The van der Waals surface area contributed by atoms with Gasteiger partial charge >= 0.3 is 0 Å². The minimum absolute atomic E-state index is 0.288. The number of ether oxygens (including phenoxy) is 2. The summed E-state index contributed by atoms with van der Waals surface area (Å²) < 4.78 is 24.9. The van der Waals surface area contributed by atoms with Gasteiger partial charge in [0.2, 0.25) is 0 Å². The molecule has 1 aliphatic rings. The van der Waals surface area contributed by atoms with Crippen LogP contribution in [0.4, 0.5) is 4.39 Å². The highest BCUT2D eigenvalue weighted by Gasteiger charge is 2.24. The van der Waals surface area contributed by atoms with Crippen molar-refractivity contribution in [2.75, 3.05) is 20.8 Å². The summed E-state index contributed by atoms with van der Waals surface area (Å²) in [5, 5.41) is 3.09. The van der Waals surface area contributed by atoms with Crippen LogP contribution in [0.1, 0.15) is 24.4 Å². The highest BCUT2D eigenvalue weighted by Crippen LogP contribution is 2.33. The van der Waals surface area contributed by atoms with Gasteiger partial charge in [-0.2, -0.15) is 0 Å². The lowest BCUT2D eigenvalue weighted by Crippen LogP contribution is -2.23. The predicted molar refractivity (Wildman–Crippen MR) is 68.0 cm³/mol. The molecule has 0 aromatic heterocycles. The van der Waals surface area contributed by atoms with Crippen molar-refractivity contribution in [1.82, 2.24) is 5.32 Å². The first kappa shape index (κ1) is 12.9. The van der Waals surface area contributed by atoms with Crippen LogP contribution in [0.15, 0.2) is 30.0 Å². The number of methoxy groups -OCH3 is 1. The van der Waals surface area contributed by atoms with E-state index in [9.17, 15) is 4.39 Å². The number of hydrogen-bond donors (Lipinski definition) is 1. The van der Waals surface area contributed by atoms with E-state index in [0.29, 0.717) is 17.9 Å². The van der Waals surface area contributed by atoms with Gasteiger partial charge in [-0.15, -0.1) is 0 Å². The number of allylic oxidation sites excluding steroid dienone is 1. The van der Waals surface area contributed by atoms with Crippen LogP contribution in [0.3, 0.4) is 0 Å². The minimum atomic E-state index is -0.304. The van der Waals surface area contributed by atoms with E-state index in [4.69, 9.17) is 9.47 Å². The molecule has 0 amide bonds. The van der Waals surface area contributed by atoms with Crippen LogP contribution in [0.5, 0.6) is 5.75 Å².